The number of halogens is 2. The summed E-state index contributed by atoms with van der Waals surface area (Å²) < 4.78 is 0. The highest BCUT2D eigenvalue weighted by Crippen LogP contribution is 2.27. The van der Waals surface area contributed by atoms with Crippen molar-refractivity contribution in [2.75, 3.05) is 5.32 Å². The molecule has 2 nitrogen and oxygen atoms in total. The molecule has 1 aromatic rings. The third kappa shape index (κ3) is 2.72. The number of thiocarbonyl (C=S) groups is 1. The van der Waals surface area contributed by atoms with Crippen LogP contribution >= 0.6 is 35.4 Å². The number of hydrogen-bond donors (Lipinski definition) is 2. The van der Waals surface area contributed by atoms with Gasteiger partial charge in [0.15, 0.2) is 5.11 Å². The fraction of sp³-hybridized carbons (Fsp3) is 0.125. The summed E-state index contributed by atoms with van der Waals surface area (Å²) in [5, 5.41) is 4.12. The van der Waals surface area contributed by atoms with Crippen LogP contribution < -0.4 is 11.1 Å². The van der Waals surface area contributed by atoms with Crippen molar-refractivity contribution in [1.82, 2.24) is 0 Å². The van der Waals surface area contributed by atoms with Crippen LogP contribution in [0.25, 0.3) is 0 Å². The molecule has 5 heteroatoms. The second kappa shape index (κ2) is 4.13. The Morgan fingerprint density at radius 2 is 1.85 bits per heavy atom. The van der Waals surface area contributed by atoms with Crippen LogP contribution in [0.3, 0.4) is 0 Å². The number of nitrogens with one attached hydrogen (secondary N) is 1. The van der Waals surface area contributed by atoms with Gasteiger partial charge in [-0.05, 0) is 36.8 Å². The van der Waals surface area contributed by atoms with Gasteiger partial charge in [0.2, 0.25) is 0 Å². The third-order valence-electron chi connectivity index (χ3n) is 1.55. The zero-order valence-electron chi connectivity index (χ0n) is 6.90. The lowest BCUT2D eigenvalue weighted by Crippen LogP contribution is -2.18. The molecule has 1 rings (SSSR count). The van der Waals surface area contributed by atoms with Crippen LogP contribution in [-0.2, 0) is 0 Å². The lowest BCUT2D eigenvalue weighted by atomic mass is 10.2. The Kier molecular flexibility index (Phi) is 3.36. The highest BCUT2D eigenvalue weighted by Gasteiger charge is 2.03. The van der Waals surface area contributed by atoms with E-state index in [1.54, 1.807) is 12.1 Å². The Bertz CT molecular complexity index is 329. The summed E-state index contributed by atoms with van der Waals surface area (Å²) in [7, 11) is 0. The first-order valence-electron chi connectivity index (χ1n) is 3.53. The van der Waals surface area contributed by atoms with Gasteiger partial charge in [-0.25, -0.2) is 0 Å². The quantitative estimate of drug-likeness (QED) is 0.735. The monoisotopic (exact) mass is 234 g/mol. The maximum absolute atomic E-state index is 5.89. The van der Waals surface area contributed by atoms with E-state index in [0.717, 1.165) is 5.56 Å². The molecule has 0 amide bonds. The lowest BCUT2D eigenvalue weighted by Gasteiger charge is -2.07. The molecule has 1 aromatic carbocycles. The molecule has 0 unspecified atom stereocenters. The smallest absolute Gasteiger partial charge is 0.168 e. The number of nitrogens with two attached hydrogens (primary N) is 1. The second-order valence-corrected chi connectivity index (χ2v) is 3.81. The average Bonchev–Trinajstić information content (AvgIpc) is 1.98. The van der Waals surface area contributed by atoms with Crippen molar-refractivity contribution in [3.8, 4) is 0 Å². The largest absolute Gasteiger partial charge is 0.376 e. The first-order chi connectivity index (χ1) is 6.00. The van der Waals surface area contributed by atoms with E-state index in [0.29, 0.717) is 15.7 Å². The first kappa shape index (κ1) is 10.6. The molecule has 0 atom stereocenters. The molecule has 0 saturated heterocycles. The normalized spacial score (nSPS) is 9.77. The Balaban J connectivity index is 3.06. The minimum atomic E-state index is 0.191. The molecule has 0 saturated carbocycles. The van der Waals surface area contributed by atoms with Gasteiger partial charge in [-0.15, -0.1) is 0 Å². The van der Waals surface area contributed by atoms with Crippen molar-refractivity contribution in [1.29, 1.82) is 0 Å². The molecule has 0 aromatic heterocycles. The van der Waals surface area contributed by atoms with E-state index in [-0.39, 0.29) is 5.11 Å². The van der Waals surface area contributed by atoms with Crippen LogP contribution in [0, 0.1) is 6.92 Å². The van der Waals surface area contributed by atoms with E-state index in [2.05, 4.69) is 17.5 Å². The van der Waals surface area contributed by atoms with Gasteiger partial charge >= 0.3 is 0 Å². The number of hydrogen-bond acceptors (Lipinski definition) is 1. The molecule has 13 heavy (non-hydrogen) atoms. The molecule has 0 aliphatic rings. The zero-order valence-corrected chi connectivity index (χ0v) is 9.22. The SMILES string of the molecule is Cc1c(Cl)cc(NC(N)=S)cc1Cl. The maximum Gasteiger partial charge on any atom is 0.168 e. The Hall–Kier alpha value is -0.510. The van der Waals surface area contributed by atoms with Crippen LogP contribution in [-0.4, -0.2) is 5.11 Å². The van der Waals surface area contributed by atoms with E-state index in [1.165, 1.54) is 0 Å². The fourth-order valence-corrected chi connectivity index (χ4v) is 1.46. The van der Waals surface area contributed by atoms with Gasteiger partial charge in [-0.1, -0.05) is 23.2 Å². The molecule has 0 fully saturated rings. The predicted octanol–water partition coefficient (Wildman–Crippen LogP) is 2.96. The van der Waals surface area contributed by atoms with Crippen molar-refractivity contribution < 1.29 is 0 Å². The van der Waals surface area contributed by atoms with E-state index in [1.807, 2.05) is 6.92 Å². The summed E-state index contributed by atoms with van der Waals surface area (Å²) in [6.07, 6.45) is 0. The van der Waals surface area contributed by atoms with Crippen molar-refractivity contribution in [2.24, 2.45) is 5.73 Å². The van der Waals surface area contributed by atoms with E-state index in [9.17, 15) is 0 Å². The molecular formula is C8H8Cl2N2S. The molecule has 0 aliphatic carbocycles. The minimum absolute atomic E-state index is 0.191. The molecule has 0 aliphatic heterocycles. The van der Waals surface area contributed by atoms with E-state index >= 15 is 0 Å². The minimum Gasteiger partial charge on any atom is -0.376 e. The highest BCUT2D eigenvalue weighted by molar-refractivity contribution is 7.80. The molecular weight excluding hydrogens is 227 g/mol. The van der Waals surface area contributed by atoms with Gasteiger partial charge in [-0.3, -0.25) is 0 Å². The number of benzene rings is 1. The molecule has 0 spiro atoms. The highest BCUT2D eigenvalue weighted by atomic mass is 35.5. The lowest BCUT2D eigenvalue weighted by molar-refractivity contribution is 1.46. The summed E-state index contributed by atoms with van der Waals surface area (Å²) >= 11 is 16.5. The van der Waals surface area contributed by atoms with Crippen LogP contribution in [0.15, 0.2) is 12.1 Å². The summed E-state index contributed by atoms with van der Waals surface area (Å²) in [4.78, 5) is 0. The van der Waals surface area contributed by atoms with Gasteiger partial charge in [0.1, 0.15) is 0 Å². The van der Waals surface area contributed by atoms with E-state index < -0.39 is 0 Å². The van der Waals surface area contributed by atoms with Crippen LogP contribution in [0.1, 0.15) is 5.56 Å². The fourth-order valence-electron chi connectivity index (χ4n) is 0.860. The summed E-state index contributed by atoms with van der Waals surface area (Å²) in [6.45, 7) is 1.84. The number of rotatable bonds is 1. The van der Waals surface area contributed by atoms with Gasteiger partial charge in [0.25, 0.3) is 0 Å². The third-order valence-corrected chi connectivity index (χ3v) is 2.44. The van der Waals surface area contributed by atoms with Crippen molar-refractivity contribution in [3.63, 3.8) is 0 Å². The second-order valence-electron chi connectivity index (χ2n) is 2.55. The Morgan fingerprint density at radius 1 is 1.38 bits per heavy atom. The summed E-state index contributed by atoms with van der Waals surface area (Å²) in [6, 6.07) is 3.45. The molecule has 0 bridgehead atoms. The average molecular weight is 235 g/mol. The number of anilines is 1. The molecule has 70 valence electrons. The standard InChI is InChI=1S/C8H8Cl2N2S/c1-4-6(9)2-5(3-7(4)10)12-8(11)13/h2-3H,1H3,(H3,11,12,13). The summed E-state index contributed by atoms with van der Waals surface area (Å²) in [5.41, 5.74) is 6.84. The van der Waals surface area contributed by atoms with Crippen LogP contribution in [0.4, 0.5) is 5.69 Å². The summed E-state index contributed by atoms with van der Waals surface area (Å²) in [5.74, 6) is 0. The van der Waals surface area contributed by atoms with Crippen LogP contribution in [0.5, 0.6) is 0 Å². The molecule has 0 radical (unpaired) electrons. The van der Waals surface area contributed by atoms with Gasteiger partial charge in [0.05, 0.1) is 0 Å². The van der Waals surface area contributed by atoms with Crippen molar-refractivity contribution in [3.05, 3.63) is 27.7 Å². The zero-order chi connectivity index (χ0) is 10.0. The van der Waals surface area contributed by atoms with E-state index in [4.69, 9.17) is 28.9 Å². The Labute approximate surface area is 92.0 Å². The molecule has 3 N–H and O–H groups in total. The topological polar surface area (TPSA) is 38.0 Å². The van der Waals surface area contributed by atoms with Crippen LogP contribution in [0.2, 0.25) is 10.0 Å². The predicted molar refractivity (Wildman–Crippen MR) is 61.6 cm³/mol. The van der Waals surface area contributed by atoms with Crippen molar-refractivity contribution >= 4 is 46.2 Å². The van der Waals surface area contributed by atoms with Gasteiger partial charge < -0.3 is 11.1 Å². The van der Waals surface area contributed by atoms with Crippen molar-refractivity contribution in [2.45, 2.75) is 6.92 Å². The maximum atomic E-state index is 5.89. The Morgan fingerprint density at radius 3 is 2.23 bits per heavy atom. The van der Waals surface area contributed by atoms with Gasteiger partial charge in [0, 0.05) is 15.7 Å². The van der Waals surface area contributed by atoms with Gasteiger partial charge in [-0.2, -0.15) is 0 Å². The first-order valence-corrected chi connectivity index (χ1v) is 4.69. The molecule has 0 heterocycles.